The summed E-state index contributed by atoms with van der Waals surface area (Å²) >= 11 is 0. The van der Waals surface area contributed by atoms with E-state index in [0.29, 0.717) is 24.7 Å². The van der Waals surface area contributed by atoms with Crippen LogP contribution in [-0.2, 0) is 9.47 Å². The zero-order valence-corrected chi connectivity index (χ0v) is 14.9. The highest BCUT2D eigenvalue weighted by Crippen LogP contribution is 2.50. The van der Waals surface area contributed by atoms with Gasteiger partial charge in [0.25, 0.3) is 5.91 Å². The molecule has 0 saturated carbocycles. The van der Waals surface area contributed by atoms with Crippen LogP contribution >= 0.6 is 0 Å². The molecule has 0 spiro atoms. The topological polar surface area (TPSA) is 88.6 Å². The molecule has 2 saturated heterocycles. The van der Waals surface area contributed by atoms with Crippen LogP contribution in [0.5, 0.6) is 0 Å². The standard InChI is InChI=1S/C19H21N5O3/c25-18(12-1-2-13-14(11-12)16-4-3-15(13)27-16)22-23-19-20-6-5-17(21-19)24-7-9-26-10-8-24/h1-2,5-6,11,15-16H,3-4,7-10H2,(H,22,25)(H,20,21,23). The predicted molar refractivity (Wildman–Crippen MR) is 98.4 cm³/mol. The van der Waals surface area contributed by atoms with Crippen molar-refractivity contribution in [3.05, 3.63) is 47.2 Å². The monoisotopic (exact) mass is 367 g/mol. The lowest BCUT2D eigenvalue weighted by molar-refractivity contribution is 0.0716. The van der Waals surface area contributed by atoms with E-state index in [-0.39, 0.29) is 18.1 Å². The molecular formula is C19H21N5O3. The first-order chi connectivity index (χ1) is 13.3. The van der Waals surface area contributed by atoms with E-state index in [1.165, 1.54) is 5.56 Å². The lowest BCUT2D eigenvalue weighted by Gasteiger charge is -2.27. The van der Waals surface area contributed by atoms with Crippen molar-refractivity contribution in [2.24, 2.45) is 0 Å². The summed E-state index contributed by atoms with van der Waals surface area (Å²) in [5.41, 5.74) is 8.46. The van der Waals surface area contributed by atoms with Gasteiger partial charge in [0.1, 0.15) is 5.82 Å². The highest BCUT2D eigenvalue weighted by Gasteiger charge is 2.38. The smallest absolute Gasteiger partial charge is 0.269 e. The summed E-state index contributed by atoms with van der Waals surface area (Å²) in [4.78, 5) is 23.3. The summed E-state index contributed by atoms with van der Waals surface area (Å²) < 4.78 is 11.3. The molecule has 3 aliphatic heterocycles. The van der Waals surface area contributed by atoms with Crippen molar-refractivity contribution in [1.29, 1.82) is 0 Å². The van der Waals surface area contributed by atoms with Gasteiger partial charge in [-0.25, -0.2) is 4.98 Å². The summed E-state index contributed by atoms with van der Waals surface area (Å²) in [5, 5.41) is 0. The second kappa shape index (κ2) is 6.79. The van der Waals surface area contributed by atoms with Crippen LogP contribution in [0.4, 0.5) is 11.8 Å². The van der Waals surface area contributed by atoms with Crippen molar-refractivity contribution < 1.29 is 14.3 Å². The number of nitrogens with one attached hydrogen (secondary N) is 2. The number of amides is 1. The van der Waals surface area contributed by atoms with Gasteiger partial charge in [0.15, 0.2) is 0 Å². The van der Waals surface area contributed by atoms with Gasteiger partial charge in [-0.05, 0) is 42.2 Å². The number of carbonyl (C=O) groups excluding carboxylic acids is 1. The third-order valence-electron chi connectivity index (χ3n) is 5.33. The van der Waals surface area contributed by atoms with Gasteiger partial charge in [0.05, 0.1) is 25.4 Å². The predicted octanol–water partition coefficient (Wildman–Crippen LogP) is 1.98. The van der Waals surface area contributed by atoms with E-state index in [0.717, 1.165) is 37.3 Å². The normalized spacial score (nSPS) is 23.2. The molecule has 1 aromatic carbocycles. The van der Waals surface area contributed by atoms with Crippen molar-refractivity contribution in [3.8, 4) is 0 Å². The number of nitrogens with zero attached hydrogens (tertiary/aromatic N) is 3. The molecule has 2 N–H and O–H groups in total. The van der Waals surface area contributed by atoms with Crippen LogP contribution in [0.15, 0.2) is 30.5 Å². The molecule has 1 aromatic heterocycles. The number of aromatic nitrogens is 2. The molecule has 0 aliphatic carbocycles. The molecule has 2 aromatic rings. The van der Waals surface area contributed by atoms with E-state index in [1.54, 1.807) is 6.20 Å². The molecule has 8 nitrogen and oxygen atoms in total. The number of anilines is 2. The zero-order valence-electron chi connectivity index (χ0n) is 14.9. The highest BCUT2D eigenvalue weighted by molar-refractivity contribution is 5.95. The Morgan fingerprint density at radius 3 is 2.78 bits per heavy atom. The number of carbonyl (C=O) groups is 1. The van der Waals surface area contributed by atoms with Gasteiger partial charge in [-0.1, -0.05) is 6.07 Å². The molecule has 2 unspecified atom stereocenters. The van der Waals surface area contributed by atoms with Crippen molar-refractivity contribution >= 4 is 17.7 Å². The minimum Gasteiger partial charge on any atom is -0.378 e. The molecule has 27 heavy (non-hydrogen) atoms. The van der Waals surface area contributed by atoms with Crippen molar-refractivity contribution in [2.75, 3.05) is 36.6 Å². The van der Waals surface area contributed by atoms with E-state index in [2.05, 4.69) is 25.7 Å². The van der Waals surface area contributed by atoms with Gasteiger partial charge in [0.2, 0.25) is 5.95 Å². The lowest BCUT2D eigenvalue weighted by atomic mass is 9.90. The average Bonchev–Trinajstić information content (AvgIpc) is 3.35. The number of hydrogen-bond acceptors (Lipinski definition) is 7. The second-order valence-corrected chi connectivity index (χ2v) is 6.95. The van der Waals surface area contributed by atoms with Gasteiger partial charge in [-0.15, -0.1) is 0 Å². The molecule has 2 atom stereocenters. The van der Waals surface area contributed by atoms with Crippen molar-refractivity contribution in [1.82, 2.24) is 15.4 Å². The fourth-order valence-corrected chi connectivity index (χ4v) is 3.95. The number of ether oxygens (including phenoxy) is 2. The van der Waals surface area contributed by atoms with E-state index in [1.807, 2.05) is 24.3 Å². The molecule has 0 radical (unpaired) electrons. The quantitative estimate of drug-likeness (QED) is 0.799. The Hall–Kier alpha value is -2.71. The molecule has 1 amide bonds. The summed E-state index contributed by atoms with van der Waals surface area (Å²) in [6, 6.07) is 7.63. The molecule has 5 rings (SSSR count). The third kappa shape index (κ3) is 3.11. The summed E-state index contributed by atoms with van der Waals surface area (Å²) in [5.74, 6) is 0.951. The Kier molecular flexibility index (Phi) is 4.14. The fraction of sp³-hybridized carbons (Fsp3) is 0.421. The molecule has 8 heteroatoms. The van der Waals surface area contributed by atoms with Gasteiger partial charge in [0, 0.05) is 24.8 Å². The van der Waals surface area contributed by atoms with Crippen LogP contribution in [0.3, 0.4) is 0 Å². The number of hydrogen-bond donors (Lipinski definition) is 2. The first kappa shape index (κ1) is 16.5. The molecule has 4 heterocycles. The van der Waals surface area contributed by atoms with E-state index >= 15 is 0 Å². The van der Waals surface area contributed by atoms with E-state index in [4.69, 9.17) is 9.47 Å². The maximum absolute atomic E-state index is 12.5. The SMILES string of the molecule is O=C(NNc1nccc(N2CCOCC2)n1)c1ccc2c(c1)C1CCC2O1. The Balaban J connectivity index is 1.25. The van der Waals surface area contributed by atoms with Gasteiger partial charge >= 0.3 is 0 Å². The number of hydrazine groups is 1. The molecule has 3 aliphatic rings. The molecular weight excluding hydrogens is 346 g/mol. The number of benzene rings is 1. The third-order valence-corrected chi connectivity index (χ3v) is 5.33. The largest absolute Gasteiger partial charge is 0.378 e. The van der Waals surface area contributed by atoms with E-state index < -0.39 is 0 Å². The van der Waals surface area contributed by atoms with E-state index in [9.17, 15) is 4.79 Å². The Morgan fingerprint density at radius 1 is 1.11 bits per heavy atom. The molecule has 140 valence electrons. The van der Waals surface area contributed by atoms with Crippen molar-refractivity contribution in [3.63, 3.8) is 0 Å². The van der Waals surface area contributed by atoms with Crippen LogP contribution < -0.4 is 15.8 Å². The summed E-state index contributed by atoms with van der Waals surface area (Å²) in [6.45, 7) is 2.96. The second-order valence-electron chi connectivity index (χ2n) is 6.95. The molecule has 2 fully saturated rings. The van der Waals surface area contributed by atoms with Crippen LogP contribution in [0.1, 0.15) is 46.5 Å². The Labute approximate surface area is 156 Å². The average molecular weight is 367 g/mol. The lowest BCUT2D eigenvalue weighted by Crippen LogP contribution is -2.37. The Morgan fingerprint density at radius 2 is 1.93 bits per heavy atom. The first-order valence-electron chi connectivity index (χ1n) is 9.29. The number of morpholine rings is 1. The Bertz CT molecular complexity index is 868. The summed E-state index contributed by atoms with van der Waals surface area (Å²) in [6.07, 6.45) is 4.12. The fourth-order valence-electron chi connectivity index (χ4n) is 3.95. The van der Waals surface area contributed by atoms with Crippen LogP contribution in [0.25, 0.3) is 0 Å². The molecule has 2 bridgehead atoms. The van der Waals surface area contributed by atoms with Crippen LogP contribution in [0, 0.1) is 0 Å². The van der Waals surface area contributed by atoms with Gasteiger partial charge in [-0.3, -0.25) is 15.6 Å². The van der Waals surface area contributed by atoms with Crippen molar-refractivity contribution in [2.45, 2.75) is 25.0 Å². The minimum absolute atomic E-state index is 0.138. The minimum atomic E-state index is -0.221. The first-order valence-corrected chi connectivity index (χ1v) is 9.29. The summed E-state index contributed by atoms with van der Waals surface area (Å²) in [7, 11) is 0. The maximum atomic E-state index is 12.5. The van der Waals surface area contributed by atoms with Gasteiger partial charge in [-0.2, -0.15) is 4.98 Å². The maximum Gasteiger partial charge on any atom is 0.269 e. The van der Waals surface area contributed by atoms with Gasteiger partial charge < -0.3 is 14.4 Å². The zero-order chi connectivity index (χ0) is 18.2. The van der Waals surface area contributed by atoms with Crippen LogP contribution in [-0.4, -0.2) is 42.2 Å². The number of rotatable bonds is 4. The highest BCUT2D eigenvalue weighted by atomic mass is 16.5. The van der Waals surface area contributed by atoms with Crippen LogP contribution in [0.2, 0.25) is 0 Å². The number of fused-ring (bicyclic) bond motifs is 5.